The van der Waals surface area contributed by atoms with Gasteiger partial charge in [0.2, 0.25) is 11.8 Å². The van der Waals surface area contributed by atoms with Gasteiger partial charge in [0.25, 0.3) is 0 Å². The third-order valence-corrected chi connectivity index (χ3v) is 3.63. The van der Waals surface area contributed by atoms with E-state index in [0.717, 1.165) is 4.47 Å². The maximum atomic E-state index is 12.1. The van der Waals surface area contributed by atoms with Crippen molar-refractivity contribution in [2.24, 2.45) is 5.92 Å². The minimum Gasteiger partial charge on any atom is -0.347 e. The van der Waals surface area contributed by atoms with Gasteiger partial charge in [-0.1, -0.05) is 15.9 Å². The van der Waals surface area contributed by atoms with Gasteiger partial charge in [0, 0.05) is 23.1 Å². The molecule has 0 saturated carbocycles. The first-order valence-corrected chi connectivity index (χ1v) is 6.96. The molecule has 0 aromatic heterocycles. The van der Waals surface area contributed by atoms with E-state index < -0.39 is 24.5 Å². The summed E-state index contributed by atoms with van der Waals surface area (Å²) in [6, 6.07) is 6.91. The Kier molecular flexibility index (Phi) is 4.55. The number of rotatable bonds is 3. The number of halogens is 4. The largest absolute Gasteiger partial charge is 0.405 e. The molecule has 1 unspecified atom stereocenters. The molecule has 1 aliphatic rings. The molecule has 2 amide bonds. The minimum atomic E-state index is -4.45. The summed E-state index contributed by atoms with van der Waals surface area (Å²) in [5.41, 5.74) is 0.620. The highest BCUT2D eigenvalue weighted by molar-refractivity contribution is 9.10. The smallest absolute Gasteiger partial charge is 0.347 e. The Bertz CT molecular complexity index is 545. The second-order valence-corrected chi connectivity index (χ2v) is 5.63. The Morgan fingerprint density at radius 1 is 1.33 bits per heavy atom. The van der Waals surface area contributed by atoms with Crippen molar-refractivity contribution in [1.29, 1.82) is 0 Å². The summed E-state index contributed by atoms with van der Waals surface area (Å²) in [6.07, 6.45) is -4.54. The van der Waals surface area contributed by atoms with Crippen LogP contribution < -0.4 is 10.2 Å². The second-order valence-electron chi connectivity index (χ2n) is 4.71. The van der Waals surface area contributed by atoms with E-state index in [1.807, 2.05) is 5.32 Å². The predicted molar refractivity (Wildman–Crippen MR) is 73.7 cm³/mol. The van der Waals surface area contributed by atoms with Crippen LogP contribution in [0.5, 0.6) is 0 Å². The number of amides is 2. The van der Waals surface area contributed by atoms with E-state index >= 15 is 0 Å². The summed E-state index contributed by atoms with van der Waals surface area (Å²) in [6.45, 7) is -1.29. The van der Waals surface area contributed by atoms with Crippen molar-refractivity contribution in [3.05, 3.63) is 28.7 Å². The van der Waals surface area contributed by atoms with E-state index in [9.17, 15) is 22.8 Å². The fourth-order valence-corrected chi connectivity index (χ4v) is 2.35. The van der Waals surface area contributed by atoms with Gasteiger partial charge in [-0.05, 0) is 24.3 Å². The summed E-state index contributed by atoms with van der Waals surface area (Å²) in [5, 5.41) is 1.82. The molecule has 1 N–H and O–H groups in total. The van der Waals surface area contributed by atoms with Gasteiger partial charge in [-0.25, -0.2) is 0 Å². The lowest BCUT2D eigenvalue weighted by molar-refractivity contribution is -0.140. The maximum Gasteiger partial charge on any atom is 0.405 e. The molecule has 8 heteroatoms. The van der Waals surface area contributed by atoms with E-state index in [2.05, 4.69) is 15.9 Å². The zero-order valence-electron chi connectivity index (χ0n) is 10.8. The first-order valence-electron chi connectivity index (χ1n) is 6.16. The number of anilines is 1. The number of benzene rings is 1. The molecule has 1 heterocycles. The predicted octanol–water partition coefficient (Wildman–Crippen LogP) is 2.48. The van der Waals surface area contributed by atoms with Crippen molar-refractivity contribution in [3.8, 4) is 0 Å². The number of carbonyl (C=O) groups excluding carboxylic acids is 2. The van der Waals surface area contributed by atoms with Crippen LogP contribution in [0.3, 0.4) is 0 Å². The zero-order valence-corrected chi connectivity index (χ0v) is 12.4. The molecule has 1 atom stereocenters. The Hall–Kier alpha value is -1.57. The molecule has 0 bridgehead atoms. The average molecular weight is 365 g/mol. The molecular formula is C13H12BrF3N2O2. The molecule has 21 heavy (non-hydrogen) atoms. The van der Waals surface area contributed by atoms with Crippen molar-refractivity contribution < 1.29 is 22.8 Å². The first kappa shape index (κ1) is 15.8. The molecule has 1 aromatic rings. The SMILES string of the molecule is O=C(NCC(F)(F)F)C1CC(=O)N(c2ccc(Br)cc2)C1. The van der Waals surface area contributed by atoms with E-state index in [1.54, 1.807) is 24.3 Å². The van der Waals surface area contributed by atoms with Crippen LogP contribution in [0, 0.1) is 5.92 Å². The quantitative estimate of drug-likeness (QED) is 0.895. The van der Waals surface area contributed by atoms with Gasteiger partial charge in [0.05, 0.1) is 5.92 Å². The fourth-order valence-electron chi connectivity index (χ4n) is 2.09. The van der Waals surface area contributed by atoms with Crippen LogP contribution >= 0.6 is 15.9 Å². The summed E-state index contributed by atoms with van der Waals surface area (Å²) in [4.78, 5) is 25.0. The highest BCUT2D eigenvalue weighted by Gasteiger charge is 2.36. The van der Waals surface area contributed by atoms with Crippen LogP contribution in [-0.2, 0) is 9.59 Å². The maximum absolute atomic E-state index is 12.1. The third-order valence-electron chi connectivity index (χ3n) is 3.10. The summed E-state index contributed by atoms with van der Waals surface area (Å²) in [7, 11) is 0. The molecule has 1 aliphatic heterocycles. The number of alkyl halides is 3. The number of carbonyl (C=O) groups is 2. The average Bonchev–Trinajstić information content (AvgIpc) is 2.78. The molecule has 1 aromatic carbocycles. The van der Waals surface area contributed by atoms with Crippen molar-refractivity contribution in [2.45, 2.75) is 12.6 Å². The highest BCUT2D eigenvalue weighted by Crippen LogP contribution is 2.26. The van der Waals surface area contributed by atoms with Gasteiger partial charge >= 0.3 is 6.18 Å². The first-order chi connectivity index (χ1) is 9.76. The lowest BCUT2D eigenvalue weighted by Crippen LogP contribution is -2.38. The Morgan fingerprint density at radius 2 is 1.95 bits per heavy atom. The van der Waals surface area contributed by atoms with Gasteiger partial charge in [0.15, 0.2) is 0 Å². The molecule has 114 valence electrons. The third kappa shape index (κ3) is 4.20. The van der Waals surface area contributed by atoms with Crippen LogP contribution in [-0.4, -0.2) is 31.1 Å². The van der Waals surface area contributed by atoms with Crippen LogP contribution in [0.25, 0.3) is 0 Å². The summed E-state index contributed by atoms with van der Waals surface area (Å²) >= 11 is 3.27. The van der Waals surface area contributed by atoms with E-state index in [1.165, 1.54) is 4.90 Å². The topological polar surface area (TPSA) is 49.4 Å². The zero-order chi connectivity index (χ0) is 15.6. The van der Waals surface area contributed by atoms with Gasteiger partial charge in [-0.2, -0.15) is 13.2 Å². The fraction of sp³-hybridized carbons (Fsp3) is 0.385. The molecule has 0 spiro atoms. The van der Waals surface area contributed by atoms with Crippen molar-refractivity contribution >= 4 is 33.4 Å². The number of hydrogen-bond acceptors (Lipinski definition) is 2. The Balaban J connectivity index is 1.99. The van der Waals surface area contributed by atoms with Crippen molar-refractivity contribution in [2.75, 3.05) is 18.0 Å². The number of hydrogen-bond donors (Lipinski definition) is 1. The lowest BCUT2D eigenvalue weighted by atomic mass is 10.1. The molecule has 4 nitrogen and oxygen atoms in total. The molecule has 2 rings (SSSR count). The molecule has 0 aliphatic carbocycles. The Labute approximate surface area is 127 Å². The molecule has 0 radical (unpaired) electrons. The van der Waals surface area contributed by atoms with Crippen LogP contribution in [0.15, 0.2) is 28.7 Å². The minimum absolute atomic E-state index is 0.0836. The van der Waals surface area contributed by atoms with E-state index in [0.29, 0.717) is 5.69 Å². The summed E-state index contributed by atoms with van der Waals surface area (Å²) in [5.74, 6) is -1.78. The second kappa shape index (κ2) is 6.05. The van der Waals surface area contributed by atoms with Gasteiger partial charge in [-0.15, -0.1) is 0 Å². The Morgan fingerprint density at radius 3 is 2.52 bits per heavy atom. The van der Waals surface area contributed by atoms with E-state index in [-0.39, 0.29) is 18.9 Å². The molecule has 1 fully saturated rings. The standard InChI is InChI=1S/C13H12BrF3N2O2/c14-9-1-3-10(4-2-9)19-6-8(5-11(19)20)12(21)18-7-13(15,16)17/h1-4,8H,5-7H2,(H,18,21). The van der Waals surface area contributed by atoms with Gasteiger partial charge < -0.3 is 10.2 Å². The number of nitrogens with zero attached hydrogens (tertiary/aromatic N) is 1. The van der Waals surface area contributed by atoms with Crippen molar-refractivity contribution in [1.82, 2.24) is 5.32 Å². The van der Waals surface area contributed by atoms with Gasteiger partial charge in [0.1, 0.15) is 6.54 Å². The van der Waals surface area contributed by atoms with Crippen LogP contribution in [0.1, 0.15) is 6.42 Å². The molecule has 1 saturated heterocycles. The lowest BCUT2D eigenvalue weighted by Gasteiger charge is -2.17. The number of nitrogens with one attached hydrogen (secondary N) is 1. The van der Waals surface area contributed by atoms with Crippen molar-refractivity contribution in [3.63, 3.8) is 0 Å². The normalized spacial score (nSPS) is 19.0. The molecular weight excluding hydrogens is 353 g/mol. The van der Waals surface area contributed by atoms with Crippen LogP contribution in [0.2, 0.25) is 0 Å². The monoisotopic (exact) mass is 364 g/mol. The highest BCUT2D eigenvalue weighted by atomic mass is 79.9. The van der Waals surface area contributed by atoms with E-state index in [4.69, 9.17) is 0 Å². The van der Waals surface area contributed by atoms with Crippen LogP contribution in [0.4, 0.5) is 18.9 Å². The summed E-state index contributed by atoms with van der Waals surface area (Å²) < 4.78 is 37.0. The van der Waals surface area contributed by atoms with Gasteiger partial charge in [-0.3, -0.25) is 9.59 Å².